The fraction of sp³-hybridized carbons (Fsp3) is 0.233. The lowest BCUT2D eigenvalue weighted by Gasteiger charge is -2.26. The molecule has 0 aliphatic carbocycles. The second kappa shape index (κ2) is 13.6. The highest BCUT2D eigenvalue weighted by Gasteiger charge is 2.36. The molecule has 3 aromatic rings. The number of barbiturate groups is 1. The van der Waals surface area contributed by atoms with Gasteiger partial charge in [-0.3, -0.25) is 14.9 Å². The third-order valence-electron chi connectivity index (χ3n) is 6.02. The summed E-state index contributed by atoms with van der Waals surface area (Å²) in [6, 6.07) is 19.0. The van der Waals surface area contributed by atoms with Gasteiger partial charge in [-0.2, -0.15) is 0 Å². The minimum atomic E-state index is -0.811. The van der Waals surface area contributed by atoms with Gasteiger partial charge in [0.1, 0.15) is 23.7 Å². The molecule has 4 amide bonds. The molecule has 0 aromatic heterocycles. The van der Waals surface area contributed by atoms with Gasteiger partial charge in [0.2, 0.25) is 0 Å². The van der Waals surface area contributed by atoms with E-state index in [2.05, 4.69) is 44.1 Å². The van der Waals surface area contributed by atoms with Gasteiger partial charge in [0.05, 0.1) is 21.2 Å². The Bertz CT molecular complexity index is 1350. The van der Waals surface area contributed by atoms with Crippen molar-refractivity contribution in [2.24, 2.45) is 0 Å². The van der Waals surface area contributed by atoms with Crippen LogP contribution in [0, 0.1) is 0 Å². The van der Waals surface area contributed by atoms with Crippen LogP contribution in [0.1, 0.15) is 43.7 Å². The second-order valence-electron chi connectivity index (χ2n) is 8.95. The first-order valence-corrected chi connectivity index (χ1v) is 14.3. The van der Waals surface area contributed by atoms with E-state index in [0.29, 0.717) is 44.9 Å². The van der Waals surface area contributed by atoms with E-state index in [0.717, 1.165) is 29.7 Å². The number of halogens is 2. The molecule has 9 heteroatoms. The third-order valence-corrected chi connectivity index (χ3v) is 7.20. The van der Waals surface area contributed by atoms with Gasteiger partial charge in [0.15, 0.2) is 0 Å². The van der Waals surface area contributed by atoms with E-state index in [4.69, 9.17) is 9.47 Å². The van der Waals surface area contributed by atoms with E-state index in [1.807, 2.05) is 30.3 Å². The Morgan fingerprint density at radius 1 is 0.872 bits per heavy atom. The molecular weight excluding hydrogens is 628 g/mol. The Morgan fingerprint density at radius 2 is 1.56 bits per heavy atom. The van der Waals surface area contributed by atoms with Gasteiger partial charge in [0.25, 0.3) is 11.8 Å². The summed E-state index contributed by atoms with van der Waals surface area (Å²) < 4.78 is 13.1. The molecule has 0 spiro atoms. The predicted molar refractivity (Wildman–Crippen MR) is 158 cm³/mol. The molecule has 1 N–H and O–H groups in total. The van der Waals surface area contributed by atoms with Gasteiger partial charge in [-0.15, -0.1) is 0 Å². The number of ether oxygens (including phenoxy) is 2. The molecule has 202 valence electrons. The Kier molecular flexibility index (Phi) is 9.95. The average molecular weight is 656 g/mol. The summed E-state index contributed by atoms with van der Waals surface area (Å²) in [5, 5.41) is 2.25. The molecule has 1 aliphatic heterocycles. The fourth-order valence-corrected chi connectivity index (χ4v) is 5.45. The first-order valence-electron chi connectivity index (χ1n) is 12.7. The molecule has 0 atom stereocenters. The number of rotatable bonds is 11. The van der Waals surface area contributed by atoms with Crippen LogP contribution in [-0.4, -0.2) is 24.5 Å². The van der Waals surface area contributed by atoms with Gasteiger partial charge in [-0.25, -0.2) is 9.69 Å². The molecule has 39 heavy (non-hydrogen) atoms. The highest BCUT2D eigenvalue weighted by atomic mass is 79.9. The largest absolute Gasteiger partial charge is 0.491 e. The van der Waals surface area contributed by atoms with Gasteiger partial charge < -0.3 is 9.47 Å². The Labute approximate surface area is 244 Å². The van der Waals surface area contributed by atoms with Crippen LogP contribution in [0.3, 0.4) is 0 Å². The summed E-state index contributed by atoms with van der Waals surface area (Å²) in [4.78, 5) is 39.5. The Hall–Kier alpha value is -3.43. The quantitative estimate of drug-likeness (QED) is 0.132. The van der Waals surface area contributed by atoms with Crippen LogP contribution >= 0.6 is 31.9 Å². The van der Waals surface area contributed by atoms with Crippen LogP contribution in [0.2, 0.25) is 0 Å². The fourth-order valence-electron chi connectivity index (χ4n) is 3.99. The van der Waals surface area contributed by atoms with Crippen LogP contribution in [0.15, 0.2) is 81.2 Å². The number of hydrogen-bond donors (Lipinski definition) is 1. The van der Waals surface area contributed by atoms with Crippen molar-refractivity contribution in [3.05, 3.63) is 92.4 Å². The van der Waals surface area contributed by atoms with Crippen molar-refractivity contribution < 1.29 is 23.9 Å². The number of nitrogens with zero attached hydrogens (tertiary/aromatic N) is 1. The van der Waals surface area contributed by atoms with Crippen LogP contribution < -0.4 is 19.7 Å². The first-order chi connectivity index (χ1) is 18.9. The topological polar surface area (TPSA) is 84.9 Å². The molecule has 7 nitrogen and oxygen atoms in total. The van der Waals surface area contributed by atoms with Crippen molar-refractivity contribution in [1.29, 1.82) is 0 Å². The van der Waals surface area contributed by atoms with E-state index >= 15 is 0 Å². The van der Waals surface area contributed by atoms with E-state index in [-0.39, 0.29) is 5.57 Å². The zero-order valence-electron chi connectivity index (χ0n) is 21.4. The molecule has 1 aliphatic rings. The average Bonchev–Trinajstić information content (AvgIpc) is 2.92. The van der Waals surface area contributed by atoms with Crippen molar-refractivity contribution in [3.8, 4) is 11.5 Å². The smallest absolute Gasteiger partial charge is 0.335 e. The number of anilines is 1. The highest BCUT2D eigenvalue weighted by molar-refractivity contribution is 9.11. The zero-order valence-corrected chi connectivity index (χ0v) is 24.6. The van der Waals surface area contributed by atoms with E-state index in [1.165, 1.54) is 12.5 Å². The van der Waals surface area contributed by atoms with Crippen molar-refractivity contribution in [3.63, 3.8) is 0 Å². The molecule has 0 radical (unpaired) electrons. The maximum absolute atomic E-state index is 13.3. The summed E-state index contributed by atoms with van der Waals surface area (Å²) in [6.07, 6.45) is 5.83. The summed E-state index contributed by atoms with van der Waals surface area (Å²) in [6.45, 7) is 3.14. The lowest BCUT2D eigenvalue weighted by molar-refractivity contribution is -0.122. The first kappa shape index (κ1) is 28.6. The zero-order chi connectivity index (χ0) is 27.8. The maximum Gasteiger partial charge on any atom is 0.335 e. The maximum atomic E-state index is 13.3. The number of unbranched alkanes of at least 4 members (excludes halogenated alkanes) is 3. The minimum absolute atomic E-state index is 0.161. The monoisotopic (exact) mass is 654 g/mol. The summed E-state index contributed by atoms with van der Waals surface area (Å²) in [5.41, 5.74) is 1.76. The molecule has 1 heterocycles. The highest BCUT2D eigenvalue weighted by Crippen LogP contribution is 2.36. The van der Waals surface area contributed by atoms with Crippen LogP contribution in [-0.2, 0) is 16.2 Å². The molecule has 3 aromatic carbocycles. The summed E-state index contributed by atoms with van der Waals surface area (Å²) in [5.74, 6) is -0.237. The SMILES string of the molecule is CCCCCCOc1c(Br)cc(/C=C2/C(=O)NC(=O)N(c3ccc(OCc4ccccc4)cc3)C2=O)cc1Br. The van der Waals surface area contributed by atoms with Gasteiger partial charge >= 0.3 is 6.03 Å². The van der Waals surface area contributed by atoms with Gasteiger partial charge in [0, 0.05) is 0 Å². The Morgan fingerprint density at radius 3 is 2.23 bits per heavy atom. The standard InChI is InChI=1S/C30H28Br2N2O5/c1-2-3-4-8-15-38-27-25(31)17-21(18-26(27)32)16-24-28(35)33-30(37)34(29(24)36)22-11-13-23(14-12-22)39-19-20-9-6-5-7-10-20/h5-7,9-14,16-18H,2-4,8,15,19H2,1H3,(H,33,35,37)/b24-16-. The number of carbonyl (C=O) groups is 3. The van der Waals surface area contributed by atoms with Crippen LogP contribution in [0.25, 0.3) is 6.08 Å². The number of nitrogens with one attached hydrogen (secondary N) is 1. The normalized spacial score (nSPS) is 14.5. The van der Waals surface area contributed by atoms with Crippen molar-refractivity contribution in [2.45, 2.75) is 39.2 Å². The Balaban J connectivity index is 1.49. The molecule has 4 rings (SSSR count). The molecule has 1 saturated heterocycles. The van der Waals surface area contributed by atoms with E-state index in [9.17, 15) is 14.4 Å². The van der Waals surface area contributed by atoms with Crippen molar-refractivity contribution >= 4 is 61.5 Å². The molecular formula is C30H28Br2N2O5. The third kappa shape index (κ3) is 7.36. The number of benzene rings is 3. The van der Waals surface area contributed by atoms with Crippen molar-refractivity contribution in [2.75, 3.05) is 11.5 Å². The van der Waals surface area contributed by atoms with Gasteiger partial charge in [-0.1, -0.05) is 56.5 Å². The van der Waals surface area contributed by atoms with Crippen LogP contribution in [0.4, 0.5) is 10.5 Å². The molecule has 0 saturated carbocycles. The number of hydrogen-bond acceptors (Lipinski definition) is 5. The predicted octanol–water partition coefficient (Wildman–Crippen LogP) is 7.42. The lowest BCUT2D eigenvalue weighted by Crippen LogP contribution is -2.54. The van der Waals surface area contributed by atoms with E-state index in [1.54, 1.807) is 36.4 Å². The van der Waals surface area contributed by atoms with E-state index < -0.39 is 17.8 Å². The summed E-state index contributed by atoms with van der Waals surface area (Å²) >= 11 is 7.04. The number of imide groups is 2. The minimum Gasteiger partial charge on any atom is -0.491 e. The molecule has 1 fully saturated rings. The van der Waals surface area contributed by atoms with Gasteiger partial charge in [-0.05, 0) is 91.9 Å². The number of amides is 4. The van der Waals surface area contributed by atoms with Crippen molar-refractivity contribution in [1.82, 2.24) is 5.32 Å². The molecule has 0 bridgehead atoms. The summed E-state index contributed by atoms with van der Waals surface area (Å²) in [7, 11) is 0. The second-order valence-corrected chi connectivity index (χ2v) is 10.7. The van der Waals surface area contributed by atoms with Crippen LogP contribution in [0.5, 0.6) is 11.5 Å². The lowest BCUT2D eigenvalue weighted by atomic mass is 10.1. The number of carbonyl (C=O) groups excluding carboxylic acids is 3. The number of urea groups is 1. The molecule has 0 unspecified atom stereocenters.